The molecule has 0 spiro atoms. The Balaban J connectivity index is 1.47. The molecular weight excluding hydrogens is 498 g/mol. The Hall–Kier alpha value is -2.60. The zero-order chi connectivity index (χ0) is 24.6. The second-order valence-corrected chi connectivity index (χ2v) is 10.4. The molecule has 2 atom stereocenters. The van der Waals surface area contributed by atoms with Gasteiger partial charge in [0.25, 0.3) is 5.91 Å². The van der Waals surface area contributed by atoms with Gasteiger partial charge in [-0.3, -0.25) is 9.59 Å². The first kappa shape index (κ1) is 24.5. The van der Waals surface area contributed by atoms with Gasteiger partial charge in [-0.2, -0.15) is 0 Å². The van der Waals surface area contributed by atoms with Crippen molar-refractivity contribution in [3.05, 3.63) is 94.3 Å². The fraction of sp³-hybridized carbons (Fsp3) is 0.231. The first-order chi connectivity index (χ1) is 16.1. The zero-order valence-corrected chi connectivity index (χ0v) is 20.7. The molecule has 0 aromatic heterocycles. The van der Waals surface area contributed by atoms with Crippen molar-refractivity contribution in [1.29, 1.82) is 0 Å². The topological polar surface area (TPSA) is 58.2 Å². The minimum absolute atomic E-state index is 0.156. The van der Waals surface area contributed by atoms with E-state index < -0.39 is 22.0 Å². The average Bonchev–Trinajstić information content (AvgIpc) is 3.38. The first-order valence-electron chi connectivity index (χ1n) is 10.7. The number of nitrogens with one attached hydrogen (secondary N) is 2. The van der Waals surface area contributed by atoms with Crippen molar-refractivity contribution < 1.29 is 14.0 Å². The van der Waals surface area contributed by atoms with Crippen molar-refractivity contribution in [3.8, 4) is 0 Å². The minimum atomic E-state index is -1.22. The quantitative estimate of drug-likeness (QED) is 0.334. The number of carbonyl (C=O) groups is 2. The number of amides is 2. The van der Waals surface area contributed by atoms with Gasteiger partial charge >= 0.3 is 0 Å². The van der Waals surface area contributed by atoms with Gasteiger partial charge in [0, 0.05) is 17.3 Å². The molecule has 1 saturated carbocycles. The second-order valence-electron chi connectivity index (χ2n) is 8.60. The molecule has 4 nitrogen and oxygen atoms in total. The Morgan fingerprint density at radius 3 is 2.15 bits per heavy atom. The van der Waals surface area contributed by atoms with Gasteiger partial charge in [-0.25, -0.2) is 4.39 Å². The number of benzene rings is 3. The lowest BCUT2D eigenvalue weighted by Gasteiger charge is -2.10. The van der Waals surface area contributed by atoms with Crippen LogP contribution in [0.1, 0.15) is 47.2 Å². The van der Waals surface area contributed by atoms with Crippen LogP contribution < -0.4 is 10.6 Å². The monoisotopic (exact) mass is 518 g/mol. The van der Waals surface area contributed by atoms with Crippen LogP contribution in [0.25, 0.3) is 0 Å². The van der Waals surface area contributed by atoms with E-state index >= 15 is 0 Å². The SMILES string of the molecule is CC(C)c1ccc([C@H]2[C@H](C(=O)Nc3ccc(Cl)c(C(=O)Nc4ccc(F)cc4)c3)C2(Cl)Cl)cc1. The van der Waals surface area contributed by atoms with Crippen LogP contribution >= 0.6 is 34.8 Å². The van der Waals surface area contributed by atoms with Crippen LogP contribution in [0.3, 0.4) is 0 Å². The van der Waals surface area contributed by atoms with E-state index in [-0.39, 0.29) is 22.4 Å². The van der Waals surface area contributed by atoms with Gasteiger partial charge in [0.05, 0.1) is 16.5 Å². The highest BCUT2D eigenvalue weighted by molar-refractivity contribution is 6.53. The van der Waals surface area contributed by atoms with Gasteiger partial charge in [0.2, 0.25) is 5.91 Å². The largest absolute Gasteiger partial charge is 0.326 e. The number of halogens is 4. The lowest BCUT2D eigenvalue weighted by Crippen LogP contribution is -2.18. The van der Waals surface area contributed by atoms with Crippen molar-refractivity contribution in [1.82, 2.24) is 0 Å². The number of anilines is 2. The highest BCUT2D eigenvalue weighted by Gasteiger charge is 2.67. The van der Waals surface area contributed by atoms with E-state index in [1.165, 1.54) is 42.0 Å². The van der Waals surface area contributed by atoms with Crippen LogP contribution in [0.4, 0.5) is 15.8 Å². The molecule has 0 radical (unpaired) electrons. The summed E-state index contributed by atoms with van der Waals surface area (Å²) >= 11 is 19.1. The standard InChI is InChI=1S/C26H22Cl3FN2O2/c1-14(2)15-3-5-16(6-4-15)22-23(26(22,28)29)25(34)32-19-11-12-21(27)20(13-19)24(33)31-18-9-7-17(30)8-10-18/h3-14,22-23H,1-2H3,(H,31,33)(H,32,34)/t22-,23+/m0/s1. The van der Waals surface area contributed by atoms with Crippen LogP contribution in [-0.4, -0.2) is 16.1 Å². The number of rotatable bonds is 6. The Morgan fingerprint density at radius 1 is 0.912 bits per heavy atom. The first-order valence-corrected chi connectivity index (χ1v) is 11.9. The van der Waals surface area contributed by atoms with Gasteiger partial charge in [-0.05, 0) is 59.5 Å². The van der Waals surface area contributed by atoms with Crippen molar-refractivity contribution in [3.63, 3.8) is 0 Å². The van der Waals surface area contributed by atoms with E-state index in [1.807, 2.05) is 24.3 Å². The number of hydrogen-bond donors (Lipinski definition) is 2. The smallest absolute Gasteiger partial charge is 0.257 e. The summed E-state index contributed by atoms with van der Waals surface area (Å²) in [5, 5.41) is 5.64. The minimum Gasteiger partial charge on any atom is -0.326 e. The zero-order valence-electron chi connectivity index (χ0n) is 18.4. The molecular formula is C26H22Cl3FN2O2. The fourth-order valence-electron chi connectivity index (χ4n) is 3.88. The highest BCUT2D eigenvalue weighted by Crippen LogP contribution is 2.65. The van der Waals surface area contributed by atoms with E-state index in [9.17, 15) is 14.0 Å². The number of hydrogen-bond acceptors (Lipinski definition) is 2. The van der Waals surface area contributed by atoms with Gasteiger partial charge < -0.3 is 10.6 Å². The predicted molar refractivity (Wildman–Crippen MR) is 136 cm³/mol. The lowest BCUT2D eigenvalue weighted by molar-refractivity contribution is -0.117. The molecule has 0 unspecified atom stereocenters. The van der Waals surface area contributed by atoms with Crippen LogP contribution in [0, 0.1) is 11.7 Å². The van der Waals surface area contributed by atoms with Gasteiger partial charge in [-0.15, -0.1) is 23.2 Å². The van der Waals surface area contributed by atoms with Crippen LogP contribution in [-0.2, 0) is 4.79 Å². The fourth-order valence-corrected chi connectivity index (χ4v) is 4.92. The highest BCUT2D eigenvalue weighted by atomic mass is 35.5. The molecule has 8 heteroatoms. The summed E-state index contributed by atoms with van der Waals surface area (Å²) in [6.45, 7) is 4.21. The third-order valence-electron chi connectivity index (χ3n) is 5.88. The van der Waals surface area contributed by atoms with Crippen LogP contribution in [0.15, 0.2) is 66.7 Å². The van der Waals surface area contributed by atoms with E-state index in [1.54, 1.807) is 6.07 Å². The molecule has 1 aliphatic rings. The maximum atomic E-state index is 13.1. The van der Waals surface area contributed by atoms with Crippen molar-refractivity contribution in [2.45, 2.75) is 30.0 Å². The molecule has 34 heavy (non-hydrogen) atoms. The van der Waals surface area contributed by atoms with Crippen molar-refractivity contribution in [2.24, 2.45) is 5.92 Å². The second kappa shape index (κ2) is 9.57. The predicted octanol–water partition coefficient (Wildman–Crippen LogP) is 7.38. The number of carbonyl (C=O) groups excluding carboxylic acids is 2. The van der Waals surface area contributed by atoms with Gasteiger partial charge in [0.15, 0.2) is 0 Å². The number of alkyl halides is 2. The molecule has 0 saturated heterocycles. The van der Waals surface area contributed by atoms with Crippen LogP contribution in [0.5, 0.6) is 0 Å². The van der Waals surface area contributed by atoms with E-state index in [2.05, 4.69) is 24.5 Å². The van der Waals surface area contributed by atoms with Gasteiger partial charge in [-0.1, -0.05) is 49.7 Å². The molecule has 0 bridgehead atoms. The third-order valence-corrected chi connectivity index (χ3v) is 7.15. The summed E-state index contributed by atoms with van der Waals surface area (Å²) < 4.78 is 11.9. The van der Waals surface area contributed by atoms with E-state index in [0.717, 1.165) is 5.56 Å². The molecule has 0 aliphatic heterocycles. The van der Waals surface area contributed by atoms with Crippen molar-refractivity contribution in [2.75, 3.05) is 10.6 Å². The molecule has 0 heterocycles. The summed E-state index contributed by atoms with van der Waals surface area (Å²) in [5.74, 6) is -1.85. The molecule has 1 fully saturated rings. The Labute approximate surface area is 212 Å². The molecule has 2 amide bonds. The van der Waals surface area contributed by atoms with Gasteiger partial charge in [0.1, 0.15) is 10.2 Å². The molecule has 3 aromatic rings. The average molecular weight is 520 g/mol. The van der Waals surface area contributed by atoms with Crippen LogP contribution in [0.2, 0.25) is 5.02 Å². The molecule has 3 aromatic carbocycles. The molecule has 1 aliphatic carbocycles. The van der Waals surface area contributed by atoms with E-state index in [0.29, 0.717) is 17.3 Å². The summed E-state index contributed by atoms with van der Waals surface area (Å²) in [6, 6.07) is 17.9. The Bertz CT molecular complexity index is 1230. The summed E-state index contributed by atoms with van der Waals surface area (Å²) in [5.41, 5.74) is 3.03. The Morgan fingerprint density at radius 2 is 1.53 bits per heavy atom. The van der Waals surface area contributed by atoms with Crippen molar-refractivity contribution >= 4 is 58.0 Å². The molecule has 4 rings (SSSR count). The summed E-state index contributed by atoms with van der Waals surface area (Å²) in [4.78, 5) is 25.7. The van der Waals surface area contributed by atoms with E-state index in [4.69, 9.17) is 34.8 Å². The third kappa shape index (κ3) is 5.07. The molecule has 2 N–H and O–H groups in total. The maximum Gasteiger partial charge on any atom is 0.257 e. The lowest BCUT2D eigenvalue weighted by atomic mass is 10.00. The maximum absolute atomic E-state index is 13.1. The summed E-state index contributed by atoms with van der Waals surface area (Å²) in [7, 11) is 0. The summed E-state index contributed by atoms with van der Waals surface area (Å²) in [6.07, 6.45) is 0. The Kier molecular flexibility index (Phi) is 6.90. The molecule has 176 valence electrons. The normalized spacial score (nSPS) is 18.4.